The van der Waals surface area contributed by atoms with Gasteiger partial charge in [-0.05, 0) is 30.9 Å². The SMILES string of the molecule is CCCc1cnc(N2CCn3nc(CNC(=O)C4CCC4)cc3C2)nc1. The van der Waals surface area contributed by atoms with E-state index in [4.69, 9.17) is 0 Å². The lowest BCUT2D eigenvalue weighted by Crippen LogP contribution is -2.35. The maximum Gasteiger partial charge on any atom is 0.225 e. The van der Waals surface area contributed by atoms with Gasteiger partial charge in [-0.15, -0.1) is 0 Å². The second-order valence-corrected chi connectivity index (χ2v) is 7.26. The molecule has 1 saturated carbocycles. The lowest BCUT2D eigenvalue weighted by Gasteiger charge is -2.27. The first-order valence-corrected chi connectivity index (χ1v) is 9.62. The maximum atomic E-state index is 12.0. The number of fused-ring (bicyclic) bond motifs is 1. The molecule has 3 heterocycles. The van der Waals surface area contributed by atoms with Crippen molar-refractivity contribution in [3.63, 3.8) is 0 Å². The highest BCUT2D eigenvalue weighted by Crippen LogP contribution is 2.26. The van der Waals surface area contributed by atoms with E-state index in [1.807, 2.05) is 17.1 Å². The van der Waals surface area contributed by atoms with Gasteiger partial charge in [0.15, 0.2) is 0 Å². The van der Waals surface area contributed by atoms with Crippen molar-refractivity contribution in [3.8, 4) is 0 Å². The fourth-order valence-electron chi connectivity index (χ4n) is 3.50. The molecule has 7 heteroatoms. The van der Waals surface area contributed by atoms with Gasteiger partial charge < -0.3 is 10.2 Å². The molecule has 1 fully saturated rings. The van der Waals surface area contributed by atoms with Crippen LogP contribution in [0.4, 0.5) is 5.95 Å². The van der Waals surface area contributed by atoms with Crippen molar-refractivity contribution in [1.82, 2.24) is 25.1 Å². The van der Waals surface area contributed by atoms with E-state index in [9.17, 15) is 4.79 Å². The monoisotopic (exact) mass is 354 g/mol. The van der Waals surface area contributed by atoms with Crippen molar-refractivity contribution in [2.24, 2.45) is 5.92 Å². The minimum absolute atomic E-state index is 0.171. The zero-order valence-corrected chi connectivity index (χ0v) is 15.3. The number of nitrogens with zero attached hydrogens (tertiary/aromatic N) is 5. The molecule has 0 radical (unpaired) electrons. The molecule has 2 aromatic heterocycles. The van der Waals surface area contributed by atoms with Gasteiger partial charge in [0.1, 0.15) is 0 Å². The van der Waals surface area contributed by atoms with Crippen LogP contribution in [0.25, 0.3) is 0 Å². The lowest BCUT2D eigenvalue weighted by molar-refractivity contribution is -0.127. The fraction of sp³-hybridized carbons (Fsp3) is 0.579. The van der Waals surface area contributed by atoms with Crippen molar-refractivity contribution in [3.05, 3.63) is 35.4 Å². The molecule has 26 heavy (non-hydrogen) atoms. The molecule has 0 atom stereocenters. The molecular formula is C19H26N6O. The van der Waals surface area contributed by atoms with Gasteiger partial charge in [-0.3, -0.25) is 9.48 Å². The van der Waals surface area contributed by atoms with E-state index in [1.165, 1.54) is 12.0 Å². The third-order valence-electron chi connectivity index (χ3n) is 5.28. The number of aromatic nitrogens is 4. The summed E-state index contributed by atoms with van der Waals surface area (Å²) in [4.78, 5) is 23.2. The minimum Gasteiger partial charge on any atom is -0.350 e. The molecule has 1 amide bonds. The molecule has 2 aliphatic rings. The summed E-state index contributed by atoms with van der Waals surface area (Å²) in [6, 6.07) is 2.08. The van der Waals surface area contributed by atoms with Crippen LogP contribution in [0.3, 0.4) is 0 Å². The van der Waals surface area contributed by atoms with Crippen LogP contribution >= 0.6 is 0 Å². The third kappa shape index (κ3) is 3.57. The van der Waals surface area contributed by atoms with Crippen LogP contribution in [0.2, 0.25) is 0 Å². The Morgan fingerprint density at radius 2 is 2.08 bits per heavy atom. The van der Waals surface area contributed by atoms with E-state index in [1.54, 1.807) is 0 Å². The highest BCUT2D eigenvalue weighted by molar-refractivity contribution is 5.79. The smallest absolute Gasteiger partial charge is 0.225 e. The van der Waals surface area contributed by atoms with Gasteiger partial charge in [0.25, 0.3) is 0 Å². The average Bonchev–Trinajstić information content (AvgIpc) is 3.01. The number of amides is 1. The summed E-state index contributed by atoms with van der Waals surface area (Å²) in [5.74, 6) is 1.16. The summed E-state index contributed by atoms with van der Waals surface area (Å²) in [6.45, 7) is 5.07. The largest absolute Gasteiger partial charge is 0.350 e. The number of anilines is 1. The van der Waals surface area contributed by atoms with Gasteiger partial charge in [-0.1, -0.05) is 19.8 Å². The molecule has 0 unspecified atom stereocenters. The van der Waals surface area contributed by atoms with Crippen molar-refractivity contribution < 1.29 is 4.79 Å². The Morgan fingerprint density at radius 3 is 2.77 bits per heavy atom. The molecule has 0 saturated heterocycles. The molecule has 7 nitrogen and oxygen atoms in total. The Labute approximate surface area is 153 Å². The van der Waals surface area contributed by atoms with Crippen molar-refractivity contribution >= 4 is 11.9 Å². The molecule has 138 valence electrons. The van der Waals surface area contributed by atoms with Crippen LogP contribution in [-0.2, 0) is 30.8 Å². The highest BCUT2D eigenvalue weighted by Gasteiger charge is 2.25. The molecule has 1 aliphatic heterocycles. The van der Waals surface area contributed by atoms with Crippen molar-refractivity contribution in [2.45, 2.75) is 58.7 Å². The van der Waals surface area contributed by atoms with Crippen molar-refractivity contribution in [2.75, 3.05) is 11.4 Å². The second-order valence-electron chi connectivity index (χ2n) is 7.26. The fourth-order valence-corrected chi connectivity index (χ4v) is 3.50. The molecule has 1 aliphatic carbocycles. The van der Waals surface area contributed by atoms with E-state index < -0.39 is 0 Å². The van der Waals surface area contributed by atoms with E-state index in [-0.39, 0.29) is 11.8 Å². The number of carbonyl (C=O) groups is 1. The summed E-state index contributed by atoms with van der Waals surface area (Å²) >= 11 is 0. The summed E-state index contributed by atoms with van der Waals surface area (Å²) in [6.07, 6.45) is 9.20. The van der Waals surface area contributed by atoms with Crippen LogP contribution in [0.15, 0.2) is 18.5 Å². The van der Waals surface area contributed by atoms with Crippen LogP contribution in [0, 0.1) is 5.92 Å². The van der Waals surface area contributed by atoms with Gasteiger partial charge in [-0.2, -0.15) is 5.10 Å². The first-order chi connectivity index (χ1) is 12.7. The summed E-state index contributed by atoms with van der Waals surface area (Å²) in [7, 11) is 0. The number of nitrogens with one attached hydrogen (secondary N) is 1. The molecular weight excluding hydrogens is 328 g/mol. The van der Waals surface area contributed by atoms with Crippen LogP contribution in [-0.4, -0.2) is 32.2 Å². The zero-order chi connectivity index (χ0) is 17.9. The van der Waals surface area contributed by atoms with Gasteiger partial charge >= 0.3 is 0 Å². The number of rotatable bonds is 6. The average molecular weight is 354 g/mol. The molecule has 4 rings (SSSR count). The minimum atomic E-state index is 0.171. The van der Waals surface area contributed by atoms with E-state index in [0.717, 1.165) is 62.7 Å². The molecule has 0 spiro atoms. The second kappa shape index (κ2) is 7.43. The topological polar surface area (TPSA) is 75.9 Å². The first-order valence-electron chi connectivity index (χ1n) is 9.62. The standard InChI is InChI=1S/C19H26N6O/c1-2-4-14-10-21-19(22-11-14)24-7-8-25-17(13-24)9-16(23-25)12-20-18(26)15-5-3-6-15/h9-11,15H,2-8,12-13H2,1H3,(H,20,26). The summed E-state index contributed by atoms with van der Waals surface area (Å²) < 4.78 is 2.03. The molecule has 1 N–H and O–H groups in total. The first kappa shape index (κ1) is 17.0. The Hall–Kier alpha value is -2.44. The quantitative estimate of drug-likeness (QED) is 0.859. The molecule has 0 aromatic carbocycles. The lowest BCUT2D eigenvalue weighted by atomic mass is 9.85. The van der Waals surface area contributed by atoms with Gasteiger partial charge in [0.05, 0.1) is 31.0 Å². The Morgan fingerprint density at radius 1 is 1.27 bits per heavy atom. The summed E-state index contributed by atoms with van der Waals surface area (Å²) in [5, 5.41) is 7.64. The predicted octanol–water partition coefficient (Wildman–Crippen LogP) is 2.06. The van der Waals surface area contributed by atoms with E-state index in [0.29, 0.717) is 6.54 Å². The number of hydrogen-bond acceptors (Lipinski definition) is 5. The maximum absolute atomic E-state index is 12.0. The van der Waals surface area contributed by atoms with Gasteiger partial charge in [0.2, 0.25) is 11.9 Å². The number of hydrogen-bond donors (Lipinski definition) is 1. The Kier molecular flexibility index (Phi) is 4.86. The highest BCUT2D eigenvalue weighted by atomic mass is 16.1. The third-order valence-corrected chi connectivity index (χ3v) is 5.28. The predicted molar refractivity (Wildman–Crippen MR) is 98.5 cm³/mol. The van der Waals surface area contributed by atoms with E-state index in [2.05, 4.69) is 38.3 Å². The van der Waals surface area contributed by atoms with Crippen LogP contribution in [0.5, 0.6) is 0 Å². The summed E-state index contributed by atoms with van der Waals surface area (Å²) in [5.41, 5.74) is 3.25. The molecule has 0 bridgehead atoms. The van der Waals surface area contributed by atoms with E-state index >= 15 is 0 Å². The Balaban J connectivity index is 1.37. The van der Waals surface area contributed by atoms with Crippen molar-refractivity contribution in [1.29, 1.82) is 0 Å². The van der Waals surface area contributed by atoms with Crippen LogP contribution < -0.4 is 10.2 Å². The van der Waals surface area contributed by atoms with Gasteiger partial charge in [0, 0.05) is 24.9 Å². The van der Waals surface area contributed by atoms with Crippen LogP contribution in [0.1, 0.15) is 49.6 Å². The normalized spacial score (nSPS) is 16.9. The van der Waals surface area contributed by atoms with Gasteiger partial charge in [-0.25, -0.2) is 9.97 Å². The number of aryl methyl sites for hydroxylation is 1. The molecule has 2 aromatic rings. The Bertz CT molecular complexity index is 765. The number of carbonyl (C=O) groups excluding carboxylic acids is 1. The zero-order valence-electron chi connectivity index (χ0n) is 15.3.